The lowest BCUT2D eigenvalue weighted by Crippen LogP contribution is -2.61. The summed E-state index contributed by atoms with van der Waals surface area (Å²) in [6.45, 7) is 7.96. The van der Waals surface area contributed by atoms with Gasteiger partial charge in [-0.15, -0.1) is 0 Å². The fraction of sp³-hybridized carbons (Fsp3) is 0.800. The molecule has 4 heteroatoms. The summed E-state index contributed by atoms with van der Waals surface area (Å²) < 4.78 is 0. The van der Waals surface area contributed by atoms with E-state index in [9.17, 15) is 19.8 Å². The van der Waals surface area contributed by atoms with Crippen molar-refractivity contribution >= 4 is 11.8 Å². The molecule has 5 atom stereocenters. The van der Waals surface area contributed by atoms with Gasteiger partial charge in [0.1, 0.15) is 0 Å². The smallest absolute Gasteiger partial charge is 0.309 e. The van der Waals surface area contributed by atoms with Crippen LogP contribution < -0.4 is 0 Å². The van der Waals surface area contributed by atoms with Crippen LogP contribution in [0, 0.1) is 28.6 Å². The van der Waals surface area contributed by atoms with Gasteiger partial charge in [0.05, 0.1) is 11.0 Å². The van der Waals surface area contributed by atoms with Crippen molar-refractivity contribution in [3.8, 4) is 0 Å². The van der Waals surface area contributed by atoms with Gasteiger partial charge in [0.2, 0.25) is 0 Å². The van der Waals surface area contributed by atoms with Crippen LogP contribution in [0.1, 0.15) is 66.2 Å². The minimum atomic E-state index is -0.963. The highest BCUT2D eigenvalue weighted by molar-refractivity contribution is 5.97. The van der Waals surface area contributed by atoms with Gasteiger partial charge >= 0.3 is 5.97 Å². The molecule has 0 spiro atoms. The predicted molar refractivity (Wildman–Crippen MR) is 91.4 cm³/mol. The molecule has 3 aliphatic rings. The summed E-state index contributed by atoms with van der Waals surface area (Å²) in [5.41, 5.74) is -1.27. The Hall–Kier alpha value is -1.16. The van der Waals surface area contributed by atoms with Crippen molar-refractivity contribution < 1.29 is 19.8 Å². The fourth-order valence-electron chi connectivity index (χ4n) is 6.08. The van der Waals surface area contributed by atoms with Gasteiger partial charge in [-0.3, -0.25) is 9.59 Å². The first-order valence-corrected chi connectivity index (χ1v) is 9.26. The van der Waals surface area contributed by atoms with E-state index < -0.39 is 17.0 Å². The van der Waals surface area contributed by atoms with Crippen LogP contribution in [0.5, 0.6) is 0 Å². The molecule has 0 aromatic rings. The number of fused-ring (bicyclic) bond motifs is 3. The molecule has 2 fully saturated rings. The molecular weight excluding hydrogens is 304 g/mol. The highest BCUT2D eigenvalue weighted by atomic mass is 16.4. The highest BCUT2D eigenvalue weighted by Crippen LogP contribution is 2.64. The zero-order valence-corrected chi connectivity index (χ0v) is 15.3. The lowest BCUT2D eigenvalue weighted by atomic mass is 9.43. The van der Waals surface area contributed by atoms with Crippen LogP contribution in [0.4, 0.5) is 0 Å². The second-order valence-electron chi connectivity index (χ2n) is 9.10. The van der Waals surface area contributed by atoms with Gasteiger partial charge in [-0.1, -0.05) is 27.2 Å². The molecule has 0 saturated heterocycles. The first kappa shape index (κ1) is 17.7. The van der Waals surface area contributed by atoms with Crippen molar-refractivity contribution in [1.82, 2.24) is 0 Å². The van der Waals surface area contributed by atoms with Crippen LogP contribution in [-0.4, -0.2) is 27.6 Å². The van der Waals surface area contributed by atoms with Gasteiger partial charge in [0.25, 0.3) is 0 Å². The highest BCUT2D eigenvalue weighted by Gasteiger charge is 2.63. The summed E-state index contributed by atoms with van der Waals surface area (Å²) in [7, 11) is 0. The number of carboxylic acid groups (broad SMARTS) is 1. The lowest BCUT2D eigenvalue weighted by molar-refractivity contribution is -0.186. The zero-order valence-electron chi connectivity index (χ0n) is 15.3. The Labute approximate surface area is 144 Å². The van der Waals surface area contributed by atoms with Crippen LogP contribution in [0.2, 0.25) is 0 Å². The molecule has 3 aliphatic carbocycles. The number of Topliss-reactive ketones (excluding diaryl/α,β-unsaturated/α-hetero) is 1. The van der Waals surface area contributed by atoms with Crippen molar-refractivity contribution in [2.45, 2.75) is 71.8 Å². The molecule has 0 aromatic heterocycles. The van der Waals surface area contributed by atoms with E-state index in [-0.39, 0.29) is 29.0 Å². The molecular formula is C20H30O4. The van der Waals surface area contributed by atoms with E-state index in [2.05, 4.69) is 6.92 Å². The number of carbonyl (C=O) groups is 2. The largest absolute Gasteiger partial charge is 0.481 e. The molecule has 5 unspecified atom stereocenters. The summed E-state index contributed by atoms with van der Waals surface area (Å²) in [6.07, 6.45) is 5.87. The Morgan fingerprint density at radius 1 is 1.21 bits per heavy atom. The van der Waals surface area contributed by atoms with E-state index in [1.54, 1.807) is 0 Å². The Bertz CT molecular complexity index is 607. The summed E-state index contributed by atoms with van der Waals surface area (Å²) in [4.78, 5) is 24.6. The van der Waals surface area contributed by atoms with Crippen LogP contribution in [-0.2, 0) is 9.59 Å². The average molecular weight is 334 g/mol. The van der Waals surface area contributed by atoms with Gasteiger partial charge in [-0.05, 0) is 61.5 Å². The van der Waals surface area contributed by atoms with Crippen molar-refractivity contribution in [1.29, 1.82) is 0 Å². The van der Waals surface area contributed by atoms with Gasteiger partial charge in [-0.25, -0.2) is 0 Å². The third kappa shape index (κ3) is 2.29. The number of hydrogen-bond donors (Lipinski definition) is 2. The number of rotatable bonds is 2. The number of hydrogen-bond acceptors (Lipinski definition) is 3. The summed E-state index contributed by atoms with van der Waals surface area (Å²) in [5.74, 6) is -0.641. The maximum Gasteiger partial charge on any atom is 0.309 e. The molecule has 134 valence electrons. The maximum absolute atomic E-state index is 12.6. The molecule has 0 amide bonds. The quantitative estimate of drug-likeness (QED) is 0.809. The van der Waals surface area contributed by atoms with Crippen molar-refractivity contribution in [2.24, 2.45) is 28.6 Å². The van der Waals surface area contributed by atoms with Crippen LogP contribution in [0.25, 0.3) is 0 Å². The summed E-state index contributed by atoms with van der Waals surface area (Å²) in [6, 6.07) is 0. The first-order chi connectivity index (χ1) is 11.0. The van der Waals surface area contributed by atoms with E-state index in [0.29, 0.717) is 25.7 Å². The van der Waals surface area contributed by atoms with Gasteiger partial charge < -0.3 is 10.2 Å². The molecule has 4 nitrogen and oxygen atoms in total. The van der Waals surface area contributed by atoms with E-state index in [1.165, 1.54) is 0 Å². The monoisotopic (exact) mass is 334 g/mol. The van der Waals surface area contributed by atoms with Crippen LogP contribution in [0.15, 0.2) is 11.6 Å². The third-order valence-electron chi connectivity index (χ3n) is 7.44. The van der Waals surface area contributed by atoms with Crippen molar-refractivity contribution in [2.75, 3.05) is 0 Å². The Balaban J connectivity index is 2.05. The molecule has 0 aromatic carbocycles. The zero-order chi connectivity index (χ0) is 17.9. The molecule has 0 heterocycles. The number of carboxylic acids is 1. The average Bonchev–Trinajstić information content (AvgIpc) is 2.47. The van der Waals surface area contributed by atoms with E-state index in [4.69, 9.17) is 0 Å². The number of allylic oxidation sites excluding steroid dienone is 1. The second-order valence-corrected chi connectivity index (χ2v) is 9.10. The molecule has 0 bridgehead atoms. The van der Waals surface area contributed by atoms with Crippen LogP contribution >= 0.6 is 0 Å². The number of aliphatic carboxylic acids is 1. The van der Waals surface area contributed by atoms with Gasteiger partial charge in [0.15, 0.2) is 5.78 Å². The minimum Gasteiger partial charge on any atom is -0.481 e. The second kappa shape index (κ2) is 5.42. The molecule has 0 aliphatic heterocycles. The Morgan fingerprint density at radius 2 is 1.88 bits per heavy atom. The number of carbonyl (C=O) groups excluding carboxylic acids is 1. The Morgan fingerprint density at radius 3 is 2.46 bits per heavy atom. The molecule has 24 heavy (non-hydrogen) atoms. The van der Waals surface area contributed by atoms with Crippen LogP contribution in [0.3, 0.4) is 0 Å². The molecule has 2 saturated carbocycles. The van der Waals surface area contributed by atoms with Gasteiger partial charge in [-0.2, -0.15) is 0 Å². The van der Waals surface area contributed by atoms with Crippen molar-refractivity contribution in [3.63, 3.8) is 0 Å². The van der Waals surface area contributed by atoms with E-state index in [0.717, 1.165) is 18.4 Å². The van der Waals surface area contributed by atoms with Gasteiger partial charge in [0, 0.05) is 12.3 Å². The third-order valence-corrected chi connectivity index (χ3v) is 7.44. The molecule has 3 rings (SSSR count). The lowest BCUT2D eigenvalue weighted by Gasteiger charge is -2.61. The predicted octanol–water partition coefficient (Wildman–Crippen LogP) is 3.58. The van der Waals surface area contributed by atoms with Crippen molar-refractivity contribution in [3.05, 3.63) is 11.6 Å². The number of aliphatic hydroxyl groups is 1. The SMILES string of the molecule is CC(C)C1=CC2(O)CCC3C(C)(C(=O)O)CCCC3(C)C2CC1=O. The topological polar surface area (TPSA) is 74.6 Å². The molecule has 0 radical (unpaired) electrons. The fourth-order valence-corrected chi connectivity index (χ4v) is 6.08. The van der Waals surface area contributed by atoms with E-state index in [1.807, 2.05) is 26.8 Å². The van der Waals surface area contributed by atoms with E-state index >= 15 is 0 Å². The summed E-state index contributed by atoms with van der Waals surface area (Å²) >= 11 is 0. The standard InChI is InChI=1S/C20H30O4/c1-12(2)13-11-20(24)9-6-15-18(3,16(20)10-14(13)21)7-5-8-19(15,4)17(22)23/h11-12,15-16,24H,5-10H2,1-4H3,(H,22,23). The molecule has 2 N–H and O–H groups in total. The maximum atomic E-state index is 12.6. The summed E-state index contributed by atoms with van der Waals surface area (Å²) in [5, 5.41) is 21.2. The normalized spacial score (nSPS) is 45.4. The number of ketones is 1. The minimum absolute atomic E-state index is 0.0170. The Kier molecular flexibility index (Phi) is 3.99. The first-order valence-electron chi connectivity index (χ1n) is 9.26.